The van der Waals surface area contributed by atoms with Crippen LogP contribution in [0.3, 0.4) is 0 Å². The van der Waals surface area contributed by atoms with Crippen LogP contribution in [0.5, 0.6) is 0 Å². The third-order valence-electron chi connectivity index (χ3n) is 4.67. The van der Waals surface area contributed by atoms with Crippen LogP contribution in [0.2, 0.25) is 0 Å². The highest BCUT2D eigenvalue weighted by molar-refractivity contribution is 5.54. The predicted octanol–water partition coefficient (Wildman–Crippen LogP) is 3.71. The van der Waals surface area contributed by atoms with E-state index in [1.807, 2.05) is 0 Å². The molecule has 0 radical (unpaired) electrons. The number of piperidine rings is 1. The Hall–Kier alpha value is -1.02. The number of nitrogens with one attached hydrogen (secondary N) is 1. The number of anilines is 1. The van der Waals surface area contributed by atoms with Gasteiger partial charge in [-0.2, -0.15) is 0 Å². The number of benzene rings is 1. The summed E-state index contributed by atoms with van der Waals surface area (Å²) in [7, 11) is 0. The summed E-state index contributed by atoms with van der Waals surface area (Å²) in [6, 6.07) is 8.85. The Kier molecular flexibility index (Phi) is 3.53. The van der Waals surface area contributed by atoms with Crippen molar-refractivity contribution in [3.63, 3.8) is 0 Å². The van der Waals surface area contributed by atoms with Gasteiger partial charge in [0.25, 0.3) is 0 Å². The van der Waals surface area contributed by atoms with Crippen molar-refractivity contribution in [1.29, 1.82) is 0 Å². The lowest BCUT2D eigenvalue weighted by Crippen LogP contribution is -2.42. The van der Waals surface area contributed by atoms with Crippen LogP contribution in [0, 0.1) is 5.41 Å². The summed E-state index contributed by atoms with van der Waals surface area (Å²) < 4.78 is 0. The zero-order chi connectivity index (χ0) is 13.3. The zero-order valence-corrected chi connectivity index (χ0v) is 12.3. The molecule has 2 heterocycles. The molecule has 2 aliphatic heterocycles. The van der Waals surface area contributed by atoms with Gasteiger partial charge in [0.1, 0.15) is 0 Å². The Bertz CT molecular complexity index is 439. The highest BCUT2D eigenvalue weighted by atomic mass is 15.1. The molecule has 0 aliphatic carbocycles. The van der Waals surface area contributed by atoms with E-state index in [4.69, 9.17) is 0 Å². The van der Waals surface area contributed by atoms with Crippen molar-refractivity contribution >= 4 is 5.69 Å². The van der Waals surface area contributed by atoms with Gasteiger partial charge in [-0.1, -0.05) is 32.0 Å². The van der Waals surface area contributed by atoms with Crippen LogP contribution in [0.1, 0.15) is 44.6 Å². The van der Waals surface area contributed by atoms with E-state index >= 15 is 0 Å². The van der Waals surface area contributed by atoms with E-state index in [1.165, 1.54) is 50.1 Å². The maximum atomic E-state index is 3.53. The molecule has 1 aromatic rings. The summed E-state index contributed by atoms with van der Waals surface area (Å²) in [5.74, 6) is 0.714. The quantitative estimate of drug-likeness (QED) is 0.870. The Morgan fingerprint density at radius 1 is 1.32 bits per heavy atom. The van der Waals surface area contributed by atoms with Gasteiger partial charge in [-0.15, -0.1) is 0 Å². The summed E-state index contributed by atoms with van der Waals surface area (Å²) in [4.78, 5) is 2.69. The molecule has 2 aliphatic rings. The number of fused-ring (bicyclic) bond motifs is 1. The molecule has 104 valence electrons. The number of nitrogens with zero attached hydrogens (tertiary/aromatic N) is 1. The Morgan fingerprint density at radius 2 is 2.16 bits per heavy atom. The molecule has 1 unspecified atom stereocenters. The molecule has 0 aromatic heterocycles. The van der Waals surface area contributed by atoms with E-state index in [-0.39, 0.29) is 0 Å². The molecule has 19 heavy (non-hydrogen) atoms. The fraction of sp³-hybridized carbons (Fsp3) is 0.647. The fourth-order valence-corrected chi connectivity index (χ4v) is 3.75. The molecule has 1 atom stereocenters. The monoisotopic (exact) mass is 258 g/mol. The number of hydrogen-bond acceptors (Lipinski definition) is 2. The van der Waals surface area contributed by atoms with Crippen molar-refractivity contribution in [2.24, 2.45) is 5.41 Å². The molecule has 1 saturated heterocycles. The Morgan fingerprint density at radius 3 is 3.00 bits per heavy atom. The van der Waals surface area contributed by atoms with Gasteiger partial charge in [0, 0.05) is 31.2 Å². The van der Waals surface area contributed by atoms with Crippen molar-refractivity contribution in [2.75, 3.05) is 31.5 Å². The molecule has 2 nitrogen and oxygen atoms in total. The average molecular weight is 258 g/mol. The number of hydrogen-bond donors (Lipinski definition) is 1. The van der Waals surface area contributed by atoms with Gasteiger partial charge < -0.3 is 10.2 Å². The first-order valence-corrected chi connectivity index (χ1v) is 7.69. The molecule has 1 fully saturated rings. The Balaban J connectivity index is 1.71. The number of para-hydroxylation sites is 1. The maximum absolute atomic E-state index is 3.53. The minimum Gasteiger partial charge on any atom is -0.385 e. The molecule has 1 aromatic carbocycles. The second kappa shape index (κ2) is 5.16. The minimum absolute atomic E-state index is 0.505. The van der Waals surface area contributed by atoms with Gasteiger partial charge >= 0.3 is 0 Å². The standard InChI is InChI=1S/C17H26N2/c1-17(2)9-5-11-19(13-17)12-14-8-10-18-16-7-4-3-6-15(14)16/h3-4,6-7,14,18H,5,8-13H2,1-2H3. The summed E-state index contributed by atoms with van der Waals surface area (Å²) >= 11 is 0. The SMILES string of the molecule is CC1(C)CCCN(CC2CCNc3ccccc32)C1. The molecule has 0 saturated carbocycles. The molecule has 0 bridgehead atoms. The number of likely N-dealkylation sites (tertiary alicyclic amines) is 1. The lowest BCUT2D eigenvalue weighted by Gasteiger charge is -2.40. The summed E-state index contributed by atoms with van der Waals surface area (Å²) in [6.45, 7) is 9.74. The van der Waals surface area contributed by atoms with Gasteiger partial charge in [-0.05, 0) is 42.9 Å². The second-order valence-electron chi connectivity index (χ2n) is 7.00. The van der Waals surface area contributed by atoms with E-state index in [0.29, 0.717) is 11.3 Å². The van der Waals surface area contributed by atoms with Crippen LogP contribution >= 0.6 is 0 Å². The molecule has 0 spiro atoms. The van der Waals surface area contributed by atoms with E-state index < -0.39 is 0 Å². The van der Waals surface area contributed by atoms with E-state index in [1.54, 1.807) is 0 Å². The van der Waals surface area contributed by atoms with Crippen LogP contribution in [-0.4, -0.2) is 31.1 Å². The zero-order valence-electron chi connectivity index (χ0n) is 12.3. The van der Waals surface area contributed by atoms with Crippen LogP contribution in [-0.2, 0) is 0 Å². The molecular formula is C17H26N2. The van der Waals surface area contributed by atoms with Crippen molar-refractivity contribution in [3.8, 4) is 0 Å². The second-order valence-corrected chi connectivity index (χ2v) is 7.00. The molecule has 2 heteroatoms. The van der Waals surface area contributed by atoms with Gasteiger partial charge in [-0.25, -0.2) is 0 Å². The highest BCUT2D eigenvalue weighted by Gasteiger charge is 2.29. The lowest BCUT2D eigenvalue weighted by atomic mass is 9.83. The molecule has 1 N–H and O–H groups in total. The van der Waals surface area contributed by atoms with Gasteiger partial charge in [-0.3, -0.25) is 0 Å². The minimum atomic E-state index is 0.505. The van der Waals surface area contributed by atoms with Crippen molar-refractivity contribution < 1.29 is 0 Å². The van der Waals surface area contributed by atoms with Gasteiger partial charge in [0.15, 0.2) is 0 Å². The van der Waals surface area contributed by atoms with Crippen molar-refractivity contribution in [2.45, 2.75) is 39.0 Å². The first-order valence-electron chi connectivity index (χ1n) is 7.69. The summed E-state index contributed by atoms with van der Waals surface area (Å²) in [6.07, 6.45) is 4.01. The maximum Gasteiger partial charge on any atom is 0.0376 e. The lowest BCUT2D eigenvalue weighted by molar-refractivity contribution is 0.110. The van der Waals surface area contributed by atoms with Gasteiger partial charge in [0.05, 0.1) is 0 Å². The van der Waals surface area contributed by atoms with Crippen molar-refractivity contribution in [3.05, 3.63) is 29.8 Å². The molecule has 0 amide bonds. The largest absolute Gasteiger partial charge is 0.385 e. The third-order valence-corrected chi connectivity index (χ3v) is 4.67. The number of rotatable bonds is 2. The van der Waals surface area contributed by atoms with Crippen molar-refractivity contribution in [1.82, 2.24) is 4.90 Å². The first kappa shape index (κ1) is 13.0. The topological polar surface area (TPSA) is 15.3 Å². The van der Waals surface area contributed by atoms with Crippen LogP contribution < -0.4 is 5.32 Å². The van der Waals surface area contributed by atoms with E-state index in [9.17, 15) is 0 Å². The fourth-order valence-electron chi connectivity index (χ4n) is 3.75. The van der Waals surface area contributed by atoms with E-state index in [2.05, 4.69) is 48.3 Å². The normalized spacial score (nSPS) is 26.5. The average Bonchev–Trinajstić information content (AvgIpc) is 2.38. The van der Waals surface area contributed by atoms with Crippen LogP contribution in [0.4, 0.5) is 5.69 Å². The Labute approximate surface area is 117 Å². The highest BCUT2D eigenvalue weighted by Crippen LogP contribution is 2.34. The molecule has 3 rings (SSSR count). The summed E-state index contributed by atoms with van der Waals surface area (Å²) in [5.41, 5.74) is 3.39. The smallest absolute Gasteiger partial charge is 0.0376 e. The first-order chi connectivity index (χ1) is 9.14. The summed E-state index contributed by atoms with van der Waals surface area (Å²) in [5, 5.41) is 3.53. The molecular weight excluding hydrogens is 232 g/mol. The third kappa shape index (κ3) is 2.94. The predicted molar refractivity (Wildman–Crippen MR) is 81.7 cm³/mol. The van der Waals surface area contributed by atoms with Crippen LogP contribution in [0.25, 0.3) is 0 Å². The van der Waals surface area contributed by atoms with E-state index in [0.717, 1.165) is 6.54 Å². The van der Waals surface area contributed by atoms with Gasteiger partial charge in [0.2, 0.25) is 0 Å². The van der Waals surface area contributed by atoms with Crippen LogP contribution in [0.15, 0.2) is 24.3 Å².